The molecule has 2 aliphatic rings. The van der Waals surface area contributed by atoms with Crippen LogP contribution in [0.1, 0.15) is 32.1 Å². The fourth-order valence-corrected chi connectivity index (χ4v) is 2.17. The molecule has 0 aromatic rings. The molecule has 0 unspecified atom stereocenters. The van der Waals surface area contributed by atoms with Crippen LogP contribution in [0.15, 0.2) is 0 Å². The van der Waals surface area contributed by atoms with E-state index in [9.17, 15) is 0 Å². The van der Waals surface area contributed by atoms with Gasteiger partial charge in [0.15, 0.2) is 5.96 Å². The Bertz CT molecular complexity index is 138. The van der Waals surface area contributed by atoms with Crippen LogP contribution < -0.4 is 11.1 Å². The van der Waals surface area contributed by atoms with Crippen molar-refractivity contribution in [2.24, 2.45) is 17.6 Å². The van der Waals surface area contributed by atoms with Gasteiger partial charge in [-0.15, -0.1) is 0 Å². The van der Waals surface area contributed by atoms with Gasteiger partial charge in [-0.25, -0.2) is 0 Å². The Morgan fingerprint density at radius 2 is 1.58 bits per heavy atom. The molecule has 4 N–H and O–H groups in total. The monoisotopic (exact) mass is 169 g/mol. The Labute approximate surface area is 74.2 Å². The zero-order valence-electron chi connectivity index (χ0n) is 7.77. The van der Waals surface area contributed by atoms with E-state index in [0.717, 1.165) is 0 Å². The molecule has 0 amide bonds. The third kappa shape index (κ3) is 2.72. The maximum atomic E-state index is 6.41. The van der Waals surface area contributed by atoms with Crippen molar-refractivity contribution in [3.8, 4) is 0 Å². The standard InChI is InChI=1S/C7H12.C2H7N3/c1-2-7-4-3-6(1)5-7;1-5-2(3)4/h6-7H,1-5H2;1H3,(H4,3,4,5). The molecular weight excluding hydrogens is 150 g/mol. The van der Waals surface area contributed by atoms with E-state index in [2.05, 4.69) is 5.32 Å². The number of hydrogen-bond acceptors (Lipinski definition) is 1. The first kappa shape index (κ1) is 9.36. The Morgan fingerprint density at radius 1 is 1.25 bits per heavy atom. The van der Waals surface area contributed by atoms with E-state index in [1.165, 1.54) is 11.8 Å². The molecule has 2 fully saturated rings. The molecular formula is C9H19N3. The predicted molar refractivity (Wildman–Crippen MR) is 51.0 cm³/mol. The molecule has 3 heteroatoms. The summed E-state index contributed by atoms with van der Waals surface area (Å²) in [7, 11) is 1.60. The molecule has 70 valence electrons. The van der Waals surface area contributed by atoms with Gasteiger partial charge in [0, 0.05) is 7.05 Å². The van der Waals surface area contributed by atoms with E-state index in [4.69, 9.17) is 11.1 Å². The second-order valence-corrected chi connectivity index (χ2v) is 3.79. The van der Waals surface area contributed by atoms with E-state index < -0.39 is 0 Å². The summed E-state index contributed by atoms with van der Waals surface area (Å²) in [5, 5.41) is 8.80. The average molecular weight is 169 g/mol. The Kier molecular flexibility index (Phi) is 3.38. The zero-order chi connectivity index (χ0) is 8.97. The van der Waals surface area contributed by atoms with Crippen molar-refractivity contribution in [1.29, 1.82) is 5.41 Å². The number of nitrogens with one attached hydrogen (secondary N) is 2. The summed E-state index contributed by atoms with van der Waals surface area (Å²) in [6, 6.07) is 0. The summed E-state index contributed by atoms with van der Waals surface area (Å²) in [5.74, 6) is 2.35. The van der Waals surface area contributed by atoms with Crippen LogP contribution in [0.3, 0.4) is 0 Å². The molecule has 2 bridgehead atoms. The van der Waals surface area contributed by atoms with Crippen LogP contribution in [-0.4, -0.2) is 13.0 Å². The maximum absolute atomic E-state index is 6.41. The Morgan fingerprint density at radius 3 is 1.67 bits per heavy atom. The molecule has 0 spiro atoms. The van der Waals surface area contributed by atoms with Gasteiger partial charge < -0.3 is 11.1 Å². The van der Waals surface area contributed by atoms with Crippen LogP contribution in [0.5, 0.6) is 0 Å². The number of hydrogen-bond donors (Lipinski definition) is 3. The van der Waals surface area contributed by atoms with Gasteiger partial charge in [0.1, 0.15) is 0 Å². The fourth-order valence-electron chi connectivity index (χ4n) is 2.17. The molecule has 0 atom stereocenters. The van der Waals surface area contributed by atoms with Gasteiger partial charge in [-0.3, -0.25) is 5.41 Å². The summed E-state index contributed by atoms with van der Waals surface area (Å²) in [6.45, 7) is 0. The van der Waals surface area contributed by atoms with Crippen molar-refractivity contribution in [2.45, 2.75) is 32.1 Å². The number of fused-ring (bicyclic) bond motifs is 2. The highest BCUT2D eigenvalue weighted by Crippen LogP contribution is 2.43. The normalized spacial score (nSPS) is 30.8. The number of guanidine groups is 1. The van der Waals surface area contributed by atoms with E-state index in [-0.39, 0.29) is 5.96 Å². The molecule has 12 heavy (non-hydrogen) atoms. The van der Waals surface area contributed by atoms with Gasteiger partial charge in [-0.2, -0.15) is 0 Å². The highest BCUT2D eigenvalue weighted by atomic mass is 15.0. The lowest BCUT2D eigenvalue weighted by atomic mass is 10.0. The molecule has 2 aliphatic carbocycles. The van der Waals surface area contributed by atoms with Gasteiger partial charge in [0.05, 0.1) is 0 Å². The summed E-state index contributed by atoms with van der Waals surface area (Å²) in [6.07, 6.45) is 7.82. The first-order valence-corrected chi connectivity index (χ1v) is 4.74. The minimum absolute atomic E-state index is 0.00463. The van der Waals surface area contributed by atoms with E-state index >= 15 is 0 Å². The van der Waals surface area contributed by atoms with Crippen LogP contribution >= 0.6 is 0 Å². The van der Waals surface area contributed by atoms with Crippen molar-refractivity contribution in [2.75, 3.05) is 7.05 Å². The first-order chi connectivity index (χ1) is 5.72. The van der Waals surface area contributed by atoms with Gasteiger partial charge in [-0.1, -0.05) is 25.7 Å². The molecule has 2 saturated carbocycles. The maximum Gasteiger partial charge on any atom is 0.185 e. The lowest BCUT2D eigenvalue weighted by Crippen LogP contribution is -2.25. The molecule has 0 aromatic heterocycles. The van der Waals surface area contributed by atoms with Crippen LogP contribution in [-0.2, 0) is 0 Å². The van der Waals surface area contributed by atoms with Crippen molar-refractivity contribution >= 4 is 5.96 Å². The summed E-state index contributed by atoms with van der Waals surface area (Å²) < 4.78 is 0. The summed E-state index contributed by atoms with van der Waals surface area (Å²) in [4.78, 5) is 0. The Balaban J connectivity index is 0.000000130. The largest absolute Gasteiger partial charge is 0.370 e. The molecule has 0 heterocycles. The van der Waals surface area contributed by atoms with Crippen LogP contribution in [0.25, 0.3) is 0 Å². The van der Waals surface area contributed by atoms with Crippen molar-refractivity contribution in [3.05, 3.63) is 0 Å². The van der Waals surface area contributed by atoms with Gasteiger partial charge in [-0.05, 0) is 18.3 Å². The third-order valence-electron chi connectivity index (χ3n) is 2.90. The first-order valence-electron chi connectivity index (χ1n) is 4.74. The topological polar surface area (TPSA) is 61.9 Å². The predicted octanol–water partition coefficient (Wildman–Crippen LogP) is 1.30. The zero-order valence-corrected chi connectivity index (χ0v) is 7.77. The molecule has 0 saturated heterocycles. The van der Waals surface area contributed by atoms with Gasteiger partial charge in [0.2, 0.25) is 0 Å². The van der Waals surface area contributed by atoms with E-state index in [1.807, 2.05) is 0 Å². The lowest BCUT2D eigenvalue weighted by molar-refractivity contribution is 0.480. The van der Waals surface area contributed by atoms with Crippen LogP contribution in [0.2, 0.25) is 0 Å². The minimum atomic E-state index is 0.00463. The van der Waals surface area contributed by atoms with Crippen molar-refractivity contribution in [1.82, 2.24) is 5.32 Å². The minimum Gasteiger partial charge on any atom is -0.370 e. The van der Waals surface area contributed by atoms with Gasteiger partial charge in [0.25, 0.3) is 0 Å². The lowest BCUT2D eigenvalue weighted by Gasteiger charge is -2.05. The second-order valence-electron chi connectivity index (χ2n) is 3.79. The number of nitrogens with two attached hydrogens (primary N) is 1. The molecule has 0 aromatic carbocycles. The van der Waals surface area contributed by atoms with Crippen molar-refractivity contribution in [3.63, 3.8) is 0 Å². The fraction of sp³-hybridized carbons (Fsp3) is 0.889. The summed E-state index contributed by atoms with van der Waals surface area (Å²) in [5.41, 5.74) is 4.76. The molecule has 2 rings (SSSR count). The number of rotatable bonds is 0. The molecule has 0 aliphatic heterocycles. The Hall–Kier alpha value is -0.730. The second kappa shape index (κ2) is 4.33. The van der Waals surface area contributed by atoms with Gasteiger partial charge >= 0.3 is 0 Å². The molecule has 3 nitrogen and oxygen atoms in total. The smallest absolute Gasteiger partial charge is 0.185 e. The molecule has 0 radical (unpaired) electrons. The average Bonchev–Trinajstić information content (AvgIpc) is 2.67. The third-order valence-corrected chi connectivity index (χ3v) is 2.90. The van der Waals surface area contributed by atoms with E-state index in [0.29, 0.717) is 0 Å². The summed E-state index contributed by atoms with van der Waals surface area (Å²) >= 11 is 0. The van der Waals surface area contributed by atoms with Crippen LogP contribution in [0, 0.1) is 17.2 Å². The quantitative estimate of drug-likeness (QED) is 0.378. The van der Waals surface area contributed by atoms with Crippen molar-refractivity contribution < 1.29 is 0 Å². The van der Waals surface area contributed by atoms with E-state index in [1.54, 1.807) is 39.2 Å². The van der Waals surface area contributed by atoms with Crippen LogP contribution in [0.4, 0.5) is 0 Å². The SMILES string of the molecule is C1CC2CCC1C2.CNC(=N)N. The highest BCUT2D eigenvalue weighted by Gasteiger charge is 2.30. The highest BCUT2D eigenvalue weighted by molar-refractivity contribution is 5.73.